The average molecular weight is 294 g/mol. The summed E-state index contributed by atoms with van der Waals surface area (Å²) in [4.78, 5) is 12.1. The van der Waals surface area contributed by atoms with E-state index in [0.717, 1.165) is 11.3 Å². The lowest BCUT2D eigenvalue weighted by Gasteiger charge is -2.06. The summed E-state index contributed by atoms with van der Waals surface area (Å²) >= 11 is 0. The number of carbonyl (C=O) groups is 1. The van der Waals surface area contributed by atoms with Crippen molar-refractivity contribution >= 4 is 11.9 Å². The fourth-order valence-corrected chi connectivity index (χ4v) is 1.89. The summed E-state index contributed by atoms with van der Waals surface area (Å²) in [7, 11) is 1.59. The molecule has 0 aliphatic carbocycles. The van der Waals surface area contributed by atoms with Crippen molar-refractivity contribution in [1.82, 2.24) is 0 Å². The maximum atomic E-state index is 12.1. The molecular weight excluding hydrogens is 276 g/mol. The minimum Gasteiger partial charge on any atom is -0.505 e. The molecule has 0 spiro atoms. The van der Waals surface area contributed by atoms with Gasteiger partial charge in [0.25, 0.3) is 0 Å². The lowest BCUT2D eigenvalue weighted by atomic mass is 10.1. The van der Waals surface area contributed by atoms with Crippen molar-refractivity contribution in [3.05, 3.63) is 84.1 Å². The highest BCUT2D eigenvalue weighted by molar-refractivity contribution is 6.06. The minimum atomic E-state index is -0.0327. The van der Waals surface area contributed by atoms with Crippen molar-refractivity contribution < 1.29 is 14.3 Å². The third-order valence-corrected chi connectivity index (χ3v) is 2.96. The fraction of sp³-hybridized carbons (Fsp3) is 0.105. The molecular formula is C19H18O3. The van der Waals surface area contributed by atoms with Gasteiger partial charge < -0.3 is 9.47 Å². The molecule has 3 nitrogen and oxygen atoms in total. The van der Waals surface area contributed by atoms with Gasteiger partial charge in [-0.1, -0.05) is 48.5 Å². The number of benzene rings is 2. The first-order valence-electron chi connectivity index (χ1n) is 6.98. The summed E-state index contributed by atoms with van der Waals surface area (Å²) < 4.78 is 10.5. The number of methoxy groups -OCH3 is 1. The number of ketones is 1. The molecule has 22 heavy (non-hydrogen) atoms. The quantitative estimate of drug-likeness (QED) is 0.438. The van der Waals surface area contributed by atoms with Crippen LogP contribution in [0.4, 0.5) is 0 Å². The number of hydrogen-bond acceptors (Lipinski definition) is 3. The van der Waals surface area contributed by atoms with Gasteiger partial charge in [0.05, 0.1) is 13.4 Å². The summed E-state index contributed by atoms with van der Waals surface area (Å²) in [6.45, 7) is 0.408. The second kappa shape index (κ2) is 8.47. The molecule has 2 rings (SSSR count). The first-order valence-corrected chi connectivity index (χ1v) is 6.98. The van der Waals surface area contributed by atoms with Crippen LogP contribution in [0.5, 0.6) is 5.75 Å². The van der Waals surface area contributed by atoms with Gasteiger partial charge in [-0.25, -0.2) is 0 Å². The highest BCUT2D eigenvalue weighted by atomic mass is 16.5. The Morgan fingerprint density at radius 3 is 2.55 bits per heavy atom. The number of allylic oxidation sites excluding steroid dienone is 1. The van der Waals surface area contributed by atoms with E-state index < -0.39 is 0 Å². The number of ether oxygens (including phenoxy) is 2. The molecule has 0 bridgehead atoms. The van der Waals surface area contributed by atoms with E-state index in [2.05, 4.69) is 0 Å². The van der Waals surface area contributed by atoms with Crippen molar-refractivity contribution in [1.29, 1.82) is 0 Å². The molecule has 0 radical (unpaired) electrons. The molecule has 0 saturated heterocycles. The summed E-state index contributed by atoms with van der Waals surface area (Å²) in [5.74, 6) is 0.690. The summed E-state index contributed by atoms with van der Waals surface area (Å²) in [6.07, 6.45) is 6.67. The molecule has 0 atom stereocenters. The van der Waals surface area contributed by atoms with Crippen LogP contribution in [0.15, 0.2) is 73.0 Å². The van der Waals surface area contributed by atoms with Crippen LogP contribution in [0.1, 0.15) is 15.9 Å². The lowest BCUT2D eigenvalue weighted by Crippen LogP contribution is -1.96. The molecule has 0 aliphatic heterocycles. The van der Waals surface area contributed by atoms with Gasteiger partial charge in [0.1, 0.15) is 12.4 Å². The smallest absolute Gasteiger partial charge is 0.185 e. The lowest BCUT2D eigenvalue weighted by molar-refractivity contribution is 0.104. The zero-order chi connectivity index (χ0) is 15.6. The minimum absolute atomic E-state index is 0.0327. The van der Waals surface area contributed by atoms with Gasteiger partial charge in [-0.3, -0.25) is 4.79 Å². The van der Waals surface area contributed by atoms with Crippen LogP contribution >= 0.6 is 0 Å². The summed E-state index contributed by atoms with van der Waals surface area (Å²) in [5, 5.41) is 0. The van der Waals surface area contributed by atoms with Crippen LogP contribution in [0, 0.1) is 0 Å². The maximum Gasteiger partial charge on any atom is 0.185 e. The zero-order valence-electron chi connectivity index (χ0n) is 12.4. The Morgan fingerprint density at radius 1 is 1.05 bits per heavy atom. The number of para-hydroxylation sites is 1. The van der Waals surface area contributed by atoms with Crippen LogP contribution in [-0.2, 0) is 4.74 Å². The standard InChI is InChI=1S/C19H18O3/c1-21-14-7-15-22-19-11-6-5-10-17(19)12-13-18(20)16-8-3-2-4-9-16/h2-14H,15H2,1H3. The van der Waals surface area contributed by atoms with E-state index in [9.17, 15) is 4.79 Å². The average Bonchev–Trinajstić information content (AvgIpc) is 2.58. The van der Waals surface area contributed by atoms with Crippen molar-refractivity contribution in [2.45, 2.75) is 0 Å². The predicted octanol–water partition coefficient (Wildman–Crippen LogP) is 4.12. The summed E-state index contributed by atoms with van der Waals surface area (Å²) in [5.41, 5.74) is 1.53. The molecule has 112 valence electrons. The Labute approximate surface area is 130 Å². The molecule has 0 aliphatic rings. The van der Waals surface area contributed by atoms with Gasteiger partial charge in [0.15, 0.2) is 5.78 Å². The second-order valence-corrected chi connectivity index (χ2v) is 4.52. The first kappa shape index (κ1) is 15.6. The van der Waals surface area contributed by atoms with E-state index in [-0.39, 0.29) is 5.78 Å². The normalized spacial score (nSPS) is 11.0. The van der Waals surface area contributed by atoms with Gasteiger partial charge in [-0.2, -0.15) is 0 Å². The summed E-state index contributed by atoms with van der Waals surface area (Å²) in [6, 6.07) is 16.8. The molecule has 0 N–H and O–H groups in total. The SMILES string of the molecule is COC=CCOc1ccccc1C=CC(=O)c1ccccc1. The monoisotopic (exact) mass is 294 g/mol. The van der Waals surface area contributed by atoms with Gasteiger partial charge in [0, 0.05) is 11.1 Å². The first-order chi connectivity index (χ1) is 10.8. The van der Waals surface area contributed by atoms with E-state index in [1.54, 1.807) is 43.7 Å². The Kier molecular flexibility index (Phi) is 6.00. The largest absolute Gasteiger partial charge is 0.505 e. The van der Waals surface area contributed by atoms with Crippen LogP contribution in [0.2, 0.25) is 0 Å². The van der Waals surface area contributed by atoms with Crippen LogP contribution in [0.25, 0.3) is 6.08 Å². The van der Waals surface area contributed by atoms with Crippen molar-refractivity contribution in [2.75, 3.05) is 13.7 Å². The highest BCUT2D eigenvalue weighted by Gasteiger charge is 2.02. The van der Waals surface area contributed by atoms with Crippen molar-refractivity contribution in [3.8, 4) is 5.75 Å². The van der Waals surface area contributed by atoms with E-state index in [1.165, 1.54) is 0 Å². The molecule has 0 saturated carbocycles. The number of hydrogen-bond donors (Lipinski definition) is 0. The van der Waals surface area contributed by atoms with Crippen molar-refractivity contribution in [3.63, 3.8) is 0 Å². The predicted molar refractivity (Wildman–Crippen MR) is 87.9 cm³/mol. The Balaban J connectivity index is 2.07. The Hall–Kier alpha value is -2.81. The molecule has 2 aromatic carbocycles. The fourth-order valence-electron chi connectivity index (χ4n) is 1.89. The molecule has 0 unspecified atom stereocenters. The third kappa shape index (κ3) is 4.63. The molecule has 0 heterocycles. The van der Waals surface area contributed by atoms with Crippen molar-refractivity contribution in [2.24, 2.45) is 0 Å². The highest BCUT2D eigenvalue weighted by Crippen LogP contribution is 2.19. The van der Waals surface area contributed by atoms with Gasteiger partial charge in [-0.15, -0.1) is 0 Å². The van der Waals surface area contributed by atoms with Crippen LogP contribution in [0.3, 0.4) is 0 Å². The van der Waals surface area contributed by atoms with Crippen LogP contribution in [-0.4, -0.2) is 19.5 Å². The van der Waals surface area contributed by atoms with Crippen LogP contribution < -0.4 is 4.74 Å². The van der Waals surface area contributed by atoms with E-state index in [0.29, 0.717) is 12.2 Å². The van der Waals surface area contributed by atoms with Gasteiger partial charge >= 0.3 is 0 Å². The molecule has 0 fully saturated rings. The zero-order valence-corrected chi connectivity index (χ0v) is 12.4. The molecule has 3 heteroatoms. The van der Waals surface area contributed by atoms with E-state index in [1.807, 2.05) is 42.5 Å². The van der Waals surface area contributed by atoms with E-state index >= 15 is 0 Å². The topological polar surface area (TPSA) is 35.5 Å². The maximum absolute atomic E-state index is 12.1. The molecule has 0 amide bonds. The Bertz CT molecular complexity index is 657. The number of rotatable bonds is 7. The molecule has 2 aromatic rings. The second-order valence-electron chi connectivity index (χ2n) is 4.52. The Morgan fingerprint density at radius 2 is 1.77 bits per heavy atom. The van der Waals surface area contributed by atoms with Gasteiger partial charge in [0.2, 0.25) is 0 Å². The molecule has 0 aromatic heterocycles. The van der Waals surface area contributed by atoms with Gasteiger partial charge in [-0.05, 0) is 24.3 Å². The van der Waals surface area contributed by atoms with E-state index in [4.69, 9.17) is 9.47 Å². The third-order valence-electron chi connectivity index (χ3n) is 2.96. The number of carbonyl (C=O) groups excluding carboxylic acids is 1.